The minimum atomic E-state index is 0.523. The summed E-state index contributed by atoms with van der Waals surface area (Å²) in [6.45, 7) is 4.55. The molecule has 0 amide bonds. The molecule has 0 bridgehead atoms. The maximum absolute atomic E-state index is 5.80. The highest BCUT2D eigenvalue weighted by atomic mass is 16.5. The Hall–Kier alpha value is -0.0400. The third-order valence-corrected chi connectivity index (χ3v) is 3.31. The van der Waals surface area contributed by atoms with E-state index in [0.29, 0.717) is 12.2 Å². The highest BCUT2D eigenvalue weighted by Crippen LogP contribution is 2.42. The number of hydrogen-bond donors (Lipinski definition) is 0. The van der Waals surface area contributed by atoms with Gasteiger partial charge in [-0.05, 0) is 31.6 Å². The predicted molar refractivity (Wildman–Crippen MR) is 40.8 cm³/mol. The Labute approximate surface area is 62.8 Å². The SMILES string of the molecule is CC1OC2CCCC2C1C. The topological polar surface area (TPSA) is 9.23 Å². The molecule has 58 valence electrons. The maximum atomic E-state index is 5.80. The smallest absolute Gasteiger partial charge is 0.0610 e. The van der Waals surface area contributed by atoms with Crippen LogP contribution in [0.2, 0.25) is 0 Å². The van der Waals surface area contributed by atoms with Gasteiger partial charge in [0.2, 0.25) is 0 Å². The molecule has 10 heavy (non-hydrogen) atoms. The van der Waals surface area contributed by atoms with Crippen molar-refractivity contribution in [2.45, 2.75) is 45.3 Å². The van der Waals surface area contributed by atoms with E-state index in [4.69, 9.17) is 4.74 Å². The van der Waals surface area contributed by atoms with Crippen LogP contribution in [-0.4, -0.2) is 12.2 Å². The minimum absolute atomic E-state index is 0.523. The summed E-state index contributed by atoms with van der Waals surface area (Å²) in [6.07, 6.45) is 5.28. The molecule has 1 aliphatic heterocycles. The fourth-order valence-corrected chi connectivity index (χ4v) is 2.47. The first-order valence-electron chi connectivity index (χ1n) is 4.44. The van der Waals surface area contributed by atoms with E-state index in [1.165, 1.54) is 19.3 Å². The van der Waals surface area contributed by atoms with Crippen molar-refractivity contribution < 1.29 is 4.74 Å². The zero-order chi connectivity index (χ0) is 7.14. The number of fused-ring (bicyclic) bond motifs is 1. The van der Waals surface area contributed by atoms with E-state index < -0.39 is 0 Å². The lowest BCUT2D eigenvalue weighted by Crippen LogP contribution is -2.12. The molecule has 1 heteroatoms. The summed E-state index contributed by atoms with van der Waals surface area (Å²) in [5, 5.41) is 0. The summed E-state index contributed by atoms with van der Waals surface area (Å²) in [5.41, 5.74) is 0. The summed E-state index contributed by atoms with van der Waals surface area (Å²) in [6, 6.07) is 0. The molecule has 4 atom stereocenters. The Balaban J connectivity index is 2.09. The lowest BCUT2D eigenvalue weighted by Gasteiger charge is -2.11. The Bertz CT molecular complexity index is 131. The van der Waals surface area contributed by atoms with E-state index in [0.717, 1.165) is 11.8 Å². The third kappa shape index (κ3) is 0.800. The monoisotopic (exact) mass is 140 g/mol. The van der Waals surface area contributed by atoms with E-state index in [9.17, 15) is 0 Å². The van der Waals surface area contributed by atoms with Crippen LogP contribution in [0.5, 0.6) is 0 Å². The van der Waals surface area contributed by atoms with Gasteiger partial charge in [0.1, 0.15) is 0 Å². The van der Waals surface area contributed by atoms with Crippen molar-refractivity contribution >= 4 is 0 Å². The van der Waals surface area contributed by atoms with Gasteiger partial charge in [-0.15, -0.1) is 0 Å². The average Bonchev–Trinajstić information content (AvgIpc) is 2.41. The van der Waals surface area contributed by atoms with Crippen LogP contribution in [0.3, 0.4) is 0 Å². The summed E-state index contributed by atoms with van der Waals surface area (Å²) in [5.74, 6) is 1.71. The van der Waals surface area contributed by atoms with Crippen molar-refractivity contribution in [3.63, 3.8) is 0 Å². The van der Waals surface area contributed by atoms with Gasteiger partial charge in [0.15, 0.2) is 0 Å². The predicted octanol–water partition coefficient (Wildman–Crippen LogP) is 2.21. The van der Waals surface area contributed by atoms with Gasteiger partial charge in [0.25, 0.3) is 0 Å². The second kappa shape index (κ2) is 2.23. The second-order valence-corrected chi connectivity index (χ2v) is 3.83. The van der Waals surface area contributed by atoms with Crippen molar-refractivity contribution in [1.29, 1.82) is 0 Å². The first-order valence-corrected chi connectivity index (χ1v) is 4.44. The van der Waals surface area contributed by atoms with Crippen molar-refractivity contribution in [2.24, 2.45) is 11.8 Å². The second-order valence-electron chi connectivity index (χ2n) is 3.83. The largest absolute Gasteiger partial charge is 0.375 e. The van der Waals surface area contributed by atoms with Crippen LogP contribution >= 0.6 is 0 Å². The van der Waals surface area contributed by atoms with E-state index in [-0.39, 0.29) is 0 Å². The zero-order valence-electron chi connectivity index (χ0n) is 6.84. The Morgan fingerprint density at radius 1 is 1.20 bits per heavy atom. The van der Waals surface area contributed by atoms with Crippen LogP contribution in [0.4, 0.5) is 0 Å². The van der Waals surface area contributed by atoms with E-state index >= 15 is 0 Å². The molecule has 1 saturated carbocycles. The van der Waals surface area contributed by atoms with E-state index in [1.54, 1.807) is 0 Å². The van der Waals surface area contributed by atoms with Crippen molar-refractivity contribution in [1.82, 2.24) is 0 Å². The van der Waals surface area contributed by atoms with Crippen LogP contribution in [-0.2, 0) is 4.74 Å². The first kappa shape index (κ1) is 6.66. The van der Waals surface area contributed by atoms with Crippen molar-refractivity contribution in [3.05, 3.63) is 0 Å². The van der Waals surface area contributed by atoms with Gasteiger partial charge in [0, 0.05) is 0 Å². The van der Waals surface area contributed by atoms with Crippen molar-refractivity contribution in [3.8, 4) is 0 Å². The molecular formula is C9H16O. The van der Waals surface area contributed by atoms with Crippen molar-refractivity contribution in [2.75, 3.05) is 0 Å². The van der Waals surface area contributed by atoms with Gasteiger partial charge < -0.3 is 4.74 Å². The molecule has 0 aromatic heterocycles. The third-order valence-electron chi connectivity index (χ3n) is 3.31. The Kier molecular flexibility index (Phi) is 1.48. The molecule has 1 aliphatic carbocycles. The molecule has 0 aromatic rings. The molecule has 1 saturated heterocycles. The van der Waals surface area contributed by atoms with Gasteiger partial charge >= 0.3 is 0 Å². The number of hydrogen-bond acceptors (Lipinski definition) is 1. The number of ether oxygens (including phenoxy) is 1. The standard InChI is InChI=1S/C9H16O/c1-6-7(2)10-9-5-3-4-8(6)9/h6-9H,3-5H2,1-2H3. The van der Waals surface area contributed by atoms with Crippen LogP contribution in [0.1, 0.15) is 33.1 Å². The molecular weight excluding hydrogens is 124 g/mol. The highest BCUT2D eigenvalue weighted by Gasteiger charge is 2.41. The quantitative estimate of drug-likeness (QED) is 0.501. The van der Waals surface area contributed by atoms with Crippen LogP contribution in [0, 0.1) is 11.8 Å². The summed E-state index contributed by atoms with van der Waals surface area (Å²) in [4.78, 5) is 0. The molecule has 2 rings (SSSR count). The van der Waals surface area contributed by atoms with E-state index in [2.05, 4.69) is 13.8 Å². The molecule has 0 N–H and O–H groups in total. The van der Waals surface area contributed by atoms with Gasteiger partial charge in [-0.1, -0.05) is 13.3 Å². The molecule has 4 unspecified atom stereocenters. The molecule has 1 heterocycles. The summed E-state index contributed by atoms with van der Waals surface area (Å²) >= 11 is 0. The first-order chi connectivity index (χ1) is 4.79. The van der Waals surface area contributed by atoms with Gasteiger partial charge in [0.05, 0.1) is 12.2 Å². The van der Waals surface area contributed by atoms with E-state index in [1.807, 2.05) is 0 Å². The lowest BCUT2D eigenvalue weighted by atomic mass is 9.91. The molecule has 2 aliphatic rings. The molecule has 0 spiro atoms. The summed E-state index contributed by atoms with van der Waals surface area (Å²) < 4.78 is 5.80. The fourth-order valence-electron chi connectivity index (χ4n) is 2.47. The molecule has 1 nitrogen and oxygen atoms in total. The van der Waals surface area contributed by atoms with Gasteiger partial charge in [-0.2, -0.15) is 0 Å². The highest BCUT2D eigenvalue weighted by molar-refractivity contribution is 4.90. The zero-order valence-corrected chi connectivity index (χ0v) is 6.84. The summed E-state index contributed by atoms with van der Waals surface area (Å²) in [7, 11) is 0. The average molecular weight is 140 g/mol. The van der Waals surface area contributed by atoms with Gasteiger partial charge in [-0.25, -0.2) is 0 Å². The lowest BCUT2D eigenvalue weighted by molar-refractivity contribution is 0.0449. The molecule has 0 aromatic carbocycles. The molecule has 0 radical (unpaired) electrons. The Morgan fingerprint density at radius 2 is 2.00 bits per heavy atom. The maximum Gasteiger partial charge on any atom is 0.0610 e. The van der Waals surface area contributed by atoms with Crippen LogP contribution in [0.25, 0.3) is 0 Å². The minimum Gasteiger partial charge on any atom is -0.375 e. The number of rotatable bonds is 0. The Morgan fingerprint density at radius 3 is 2.70 bits per heavy atom. The van der Waals surface area contributed by atoms with Gasteiger partial charge in [-0.3, -0.25) is 0 Å². The molecule has 2 fully saturated rings. The van der Waals surface area contributed by atoms with Crippen LogP contribution in [0.15, 0.2) is 0 Å². The van der Waals surface area contributed by atoms with Crippen LogP contribution < -0.4 is 0 Å². The fraction of sp³-hybridized carbons (Fsp3) is 1.00. The normalized spacial score (nSPS) is 53.4.